The van der Waals surface area contributed by atoms with Crippen LogP contribution in [0.25, 0.3) is 0 Å². The molecule has 96 valence electrons. The lowest BCUT2D eigenvalue weighted by molar-refractivity contribution is 0.492. The van der Waals surface area contributed by atoms with Gasteiger partial charge in [-0.3, -0.25) is 9.13 Å². The molecule has 1 saturated carbocycles. The minimum absolute atomic E-state index is 0.0517. The standard InChI is InChI=1S/C12H17N5O/c1-9(2)17-11(13-8-14-17)7-15-5-6-16(12(15)18)10-3-4-10/h5-6,8-10H,3-4,7H2,1-2H3. The maximum Gasteiger partial charge on any atom is 0.328 e. The third-order valence-corrected chi connectivity index (χ3v) is 3.26. The molecule has 6 heteroatoms. The quantitative estimate of drug-likeness (QED) is 0.816. The molecule has 0 atom stereocenters. The summed E-state index contributed by atoms with van der Waals surface area (Å²) < 4.78 is 5.36. The van der Waals surface area contributed by atoms with Crippen LogP contribution in [0.2, 0.25) is 0 Å². The van der Waals surface area contributed by atoms with Crippen LogP contribution < -0.4 is 5.69 Å². The molecule has 6 nitrogen and oxygen atoms in total. The van der Waals surface area contributed by atoms with Crippen molar-refractivity contribution in [1.29, 1.82) is 0 Å². The minimum Gasteiger partial charge on any atom is -0.296 e. The van der Waals surface area contributed by atoms with Crippen molar-refractivity contribution in [2.45, 2.75) is 45.3 Å². The van der Waals surface area contributed by atoms with Crippen molar-refractivity contribution in [3.63, 3.8) is 0 Å². The predicted molar refractivity (Wildman–Crippen MR) is 66.5 cm³/mol. The molecule has 0 amide bonds. The van der Waals surface area contributed by atoms with Gasteiger partial charge in [0, 0.05) is 24.5 Å². The second-order valence-corrected chi connectivity index (χ2v) is 5.06. The van der Waals surface area contributed by atoms with Crippen molar-refractivity contribution in [2.24, 2.45) is 0 Å². The van der Waals surface area contributed by atoms with E-state index >= 15 is 0 Å². The first-order valence-electron chi connectivity index (χ1n) is 6.32. The Hall–Kier alpha value is -1.85. The summed E-state index contributed by atoms with van der Waals surface area (Å²) in [5, 5.41) is 4.18. The average Bonchev–Trinajstić information content (AvgIpc) is 2.95. The van der Waals surface area contributed by atoms with Crippen molar-refractivity contribution in [3.05, 3.63) is 35.0 Å². The molecule has 0 N–H and O–H groups in total. The Bertz CT molecular complexity index is 602. The summed E-state index contributed by atoms with van der Waals surface area (Å²) in [6, 6.07) is 0.672. The van der Waals surface area contributed by atoms with Crippen molar-refractivity contribution in [2.75, 3.05) is 0 Å². The van der Waals surface area contributed by atoms with Gasteiger partial charge in [0.2, 0.25) is 0 Å². The van der Waals surface area contributed by atoms with Gasteiger partial charge in [-0.05, 0) is 26.7 Å². The second-order valence-electron chi connectivity index (χ2n) is 5.06. The van der Waals surface area contributed by atoms with Gasteiger partial charge in [-0.2, -0.15) is 5.10 Å². The highest BCUT2D eigenvalue weighted by atomic mass is 16.1. The van der Waals surface area contributed by atoms with Gasteiger partial charge >= 0.3 is 5.69 Å². The molecule has 0 radical (unpaired) electrons. The maximum absolute atomic E-state index is 12.1. The lowest BCUT2D eigenvalue weighted by atomic mass is 10.4. The van der Waals surface area contributed by atoms with E-state index in [0.717, 1.165) is 18.7 Å². The average molecular weight is 247 g/mol. The Morgan fingerprint density at radius 3 is 2.83 bits per heavy atom. The van der Waals surface area contributed by atoms with E-state index in [-0.39, 0.29) is 11.7 Å². The smallest absolute Gasteiger partial charge is 0.296 e. The van der Waals surface area contributed by atoms with Crippen LogP contribution in [0.3, 0.4) is 0 Å². The molecular weight excluding hydrogens is 230 g/mol. The molecule has 1 fully saturated rings. The summed E-state index contributed by atoms with van der Waals surface area (Å²) in [5.41, 5.74) is 0.0517. The third-order valence-electron chi connectivity index (χ3n) is 3.26. The zero-order valence-corrected chi connectivity index (χ0v) is 10.7. The Labute approximate surface area is 105 Å². The number of nitrogens with zero attached hydrogens (tertiary/aromatic N) is 5. The lowest BCUT2D eigenvalue weighted by Crippen LogP contribution is -2.25. The van der Waals surface area contributed by atoms with E-state index in [0.29, 0.717) is 12.6 Å². The fourth-order valence-electron chi connectivity index (χ4n) is 2.15. The molecule has 2 aromatic heterocycles. The van der Waals surface area contributed by atoms with Crippen molar-refractivity contribution < 1.29 is 0 Å². The van der Waals surface area contributed by atoms with Crippen LogP contribution in [0.5, 0.6) is 0 Å². The van der Waals surface area contributed by atoms with Gasteiger partial charge in [0.1, 0.15) is 12.2 Å². The highest BCUT2D eigenvalue weighted by molar-refractivity contribution is 4.95. The SMILES string of the molecule is CC(C)n1ncnc1Cn1ccn(C2CC2)c1=O. The van der Waals surface area contributed by atoms with Gasteiger partial charge in [-0.1, -0.05) is 0 Å². The Kier molecular flexibility index (Phi) is 2.57. The summed E-state index contributed by atoms with van der Waals surface area (Å²) in [7, 11) is 0. The molecule has 1 aliphatic carbocycles. The van der Waals surface area contributed by atoms with E-state index in [1.54, 1.807) is 4.57 Å². The number of imidazole rings is 1. The van der Waals surface area contributed by atoms with Gasteiger partial charge in [0.25, 0.3) is 0 Å². The van der Waals surface area contributed by atoms with Crippen LogP contribution in [0.15, 0.2) is 23.5 Å². The van der Waals surface area contributed by atoms with Gasteiger partial charge in [0.05, 0.1) is 6.54 Å². The van der Waals surface area contributed by atoms with Gasteiger partial charge in [0.15, 0.2) is 0 Å². The summed E-state index contributed by atoms with van der Waals surface area (Å²) in [6.45, 7) is 4.59. The first-order valence-corrected chi connectivity index (χ1v) is 6.32. The Morgan fingerprint density at radius 1 is 1.39 bits per heavy atom. The minimum atomic E-state index is 0.0517. The van der Waals surface area contributed by atoms with Crippen LogP contribution >= 0.6 is 0 Å². The maximum atomic E-state index is 12.1. The number of hydrogen-bond donors (Lipinski definition) is 0. The first-order chi connectivity index (χ1) is 8.66. The van der Waals surface area contributed by atoms with Gasteiger partial charge in [-0.15, -0.1) is 0 Å². The van der Waals surface area contributed by atoms with Crippen LogP contribution in [0, 0.1) is 0 Å². The van der Waals surface area contributed by atoms with Crippen molar-refractivity contribution in [3.8, 4) is 0 Å². The largest absolute Gasteiger partial charge is 0.328 e. The zero-order valence-electron chi connectivity index (χ0n) is 10.7. The summed E-state index contributed by atoms with van der Waals surface area (Å²) in [4.78, 5) is 16.4. The molecule has 0 unspecified atom stereocenters. The lowest BCUT2D eigenvalue weighted by Gasteiger charge is -2.09. The molecule has 0 saturated heterocycles. The molecule has 0 aliphatic heterocycles. The van der Waals surface area contributed by atoms with Crippen molar-refractivity contribution >= 4 is 0 Å². The summed E-state index contributed by atoms with van der Waals surface area (Å²) in [5.74, 6) is 0.820. The molecule has 1 aliphatic rings. The summed E-state index contributed by atoms with van der Waals surface area (Å²) >= 11 is 0. The molecule has 0 spiro atoms. The monoisotopic (exact) mass is 247 g/mol. The van der Waals surface area contributed by atoms with Gasteiger partial charge in [-0.25, -0.2) is 14.5 Å². The van der Waals surface area contributed by atoms with E-state index in [9.17, 15) is 4.79 Å². The fourth-order valence-corrected chi connectivity index (χ4v) is 2.15. The van der Waals surface area contributed by atoms with Crippen LogP contribution in [0.1, 0.15) is 44.6 Å². The van der Waals surface area contributed by atoms with Crippen LogP contribution in [0.4, 0.5) is 0 Å². The Morgan fingerprint density at radius 2 is 2.17 bits per heavy atom. The molecule has 2 heterocycles. The van der Waals surface area contributed by atoms with E-state index < -0.39 is 0 Å². The molecular formula is C12H17N5O. The van der Waals surface area contributed by atoms with E-state index in [4.69, 9.17) is 0 Å². The van der Waals surface area contributed by atoms with E-state index in [1.165, 1.54) is 6.33 Å². The van der Waals surface area contributed by atoms with Crippen LogP contribution in [-0.4, -0.2) is 23.9 Å². The van der Waals surface area contributed by atoms with E-state index in [1.807, 2.05) is 21.6 Å². The molecule has 0 bridgehead atoms. The highest BCUT2D eigenvalue weighted by Crippen LogP contribution is 2.33. The van der Waals surface area contributed by atoms with Crippen LogP contribution in [-0.2, 0) is 6.54 Å². The predicted octanol–water partition coefficient (Wildman–Crippen LogP) is 1.21. The summed E-state index contributed by atoms with van der Waals surface area (Å²) in [6.07, 6.45) is 7.48. The topological polar surface area (TPSA) is 57.6 Å². The zero-order chi connectivity index (χ0) is 12.7. The molecule has 0 aromatic carbocycles. The molecule has 18 heavy (non-hydrogen) atoms. The number of rotatable bonds is 4. The number of hydrogen-bond acceptors (Lipinski definition) is 3. The highest BCUT2D eigenvalue weighted by Gasteiger charge is 2.25. The van der Waals surface area contributed by atoms with Crippen molar-refractivity contribution in [1.82, 2.24) is 23.9 Å². The van der Waals surface area contributed by atoms with E-state index in [2.05, 4.69) is 23.9 Å². The molecule has 2 aromatic rings. The Balaban J connectivity index is 1.88. The molecule has 3 rings (SSSR count). The van der Waals surface area contributed by atoms with Gasteiger partial charge < -0.3 is 0 Å². The third kappa shape index (κ3) is 1.87. The fraction of sp³-hybridized carbons (Fsp3) is 0.583. The number of aromatic nitrogens is 5. The first kappa shape index (κ1) is 11.3. The second kappa shape index (κ2) is 4.12. The normalized spacial score (nSPS) is 15.5.